The van der Waals surface area contributed by atoms with E-state index < -0.39 is 0 Å². The molecule has 12 aromatic rings. The fraction of sp³-hybridized carbons (Fsp3) is 0.489. The van der Waals surface area contributed by atoms with Crippen molar-refractivity contribution in [2.45, 2.75) is 208 Å². The first kappa shape index (κ1) is 91.6. The van der Waals surface area contributed by atoms with Crippen molar-refractivity contribution in [2.75, 3.05) is 77.9 Å². The maximum atomic E-state index is 13.9. The lowest BCUT2D eigenvalue weighted by Gasteiger charge is -2.62. The number of likely N-dealkylation sites (N-methyl/N-ethyl adjacent to an activating group) is 4. The highest BCUT2D eigenvalue weighted by Gasteiger charge is 2.59. The van der Waals surface area contributed by atoms with Gasteiger partial charge >= 0.3 is 0 Å². The van der Waals surface area contributed by atoms with Crippen LogP contribution in [0.1, 0.15) is 178 Å². The zero-order valence-corrected chi connectivity index (χ0v) is 78.6. The minimum atomic E-state index is -0.111. The monoisotopic (exact) mass is 1830 g/mol. The molecule has 4 N–H and O–H groups in total. The third-order valence-corrected chi connectivity index (χ3v) is 28.6. The number of hydrogen-bond donors (Lipinski definition) is 4. The lowest BCUT2D eigenvalue weighted by molar-refractivity contribution is -0.129. The van der Waals surface area contributed by atoms with E-state index in [9.17, 15) is 38.4 Å². The second-order valence-corrected chi connectivity index (χ2v) is 37.1. The number of methoxy groups -OCH3 is 4. The molecule has 4 amide bonds. The summed E-state index contributed by atoms with van der Waals surface area (Å²) in [5, 5.41) is 30.8. The van der Waals surface area contributed by atoms with Gasteiger partial charge in [0.2, 0.25) is 23.6 Å². The predicted octanol–water partition coefficient (Wildman–Crippen LogP) is 11.4. The zero-order chi connectivity index (χ0) is 94.9. The van der Waals surface area contributed by atoms with Crippen LogP contribution in [-0.4, -0.2) is 220 Å². The van der Waals surface area contributed by atoms with Crippen LogP contribution >= 0.6 is 0 Å². The average molecular weight is 1830 g/mol. The predicted molar refractivity (Wildman–Crippen MR) is 509 cm³/mol. The number of aryl methyl sites for hydroxylation is 4. The van der Waals surface area contributed by atoms with E-state index in [1.807, 2.05) is 132 Å². The van der Waals surface area contributed by atoms with Crippen molar-refractivity contribution in [3.05, 3.63) is 167 Å². The third-order valence-electron chi connectivity index (χ3n) is 28.6. The Hall–Kier alpha value is -14.2. The highest BCUT2D eigenvalue weighted by atomic mass is 16.5. The van der Waals surface area contributed by atoms with E-state index in [0.717, 1.165) is 119 Å². The first-order valence-corrected chi connectivity index (χ1v) is 45.8. The summed E-state index contributed by atoms with van der Waals surface area (Å²) in [7, 11) is 20.8. The summed E-state index contributed by atoms with van der Waals surface area (Å²) in [6.45, 7) is 18.4. The molecule has 0 aromatic carbocycles. The first-order valence-electron chi connectivity index (χ1n) is 45.8. The smallest absolute Gasteiger partial charge is 0.277 e. The van der Waals surface area contributed by atoms with Crippen molar-refractivity contribution in [3.8, 4) is 23.5 Å². The van der Waals surface area contributed by atoms with Crippen LogP contribution in [0.15, 0.2) is 145 Å². The highest BCUT2D eigenvalue weighted by Crippen LogP contribution is 2.63. The molecule has 708 valence electrons. The summed E-state index contributed by atoms with van der Waals surface area (Å²) < 4.78 is 43.6. The summed E-state index contributed by atoms with van der Waals surface area (Å²) in [4.78, 5) is 129. The van der Waals surface area contributed by atoms with Crippen LogP contribution in [0.3, 0.4) is 0 Å². The van der Waals surface area contributed by atoms with Gasteiger partial charge in [-0.15, -0.1) is 20.4 Å². The molecule has 9 aliphatic rings. The minimum absolute atomic E-state index is 0.00846. The normalized spacial score (nSPS) is 21.4. The summed E-state index contributed by atoms with van der Waals surface area (Å²) in [6, 6.07) is 0.977. The summed E-state index contributed by atoms with van der Waals surface area (Å²) in [5.41, 5.74) is 10.5. The molecule has 21 rings (SSSR count). The average Bonchev–Trinajstić information content (AvgIpc) is 1.33. The van der Waals surface area contributed by atoms with Crippen molar-refractivity contribution < 1.29 is 38.1 Å². The third kappa shape index (κ3) is 17.1. The largest absolute Gasteiger partial charge is 0.478 e. The van der Waals surface area contributed by atoms with E-state index in [0.29, 0.717) is 134 Å². The van der Waals surface area contributed by atoms with Crippen molar-refractivity contribution in [3.63, 3.8) is 0 Å². The van der Waals surface area contributed by atoms with Crippen LogP contribution < -0.4 is 62.5 Å². The number of carbonyl (C=O) groups excluding carboxylic acids is 4. The van der Waals surface area contributed by atoms with Gasteiger partial charge in [0.25, 0.3) is 45.8 Å². The molecule has 0 aliphatic heterocycles. The molecular weight excluding hydrogens is 1710 g/mol. The number of aromatic nitrogens is 20. The Balaban J connectivity index is 0.000000124. The minimum Gasteiger partial charge on any atom is -0.478 e. The molecule has 9 saturated carbocycles. The molecule has 12 aromatic heterocycles. The van der Waals surface area contributed by atoms with Gasteiger partial charge < -0.3 is 96.4 Å². The SMILES string of the molecule is C=CC(=O)N(C)C1CC(n2cc(Nc3cn(C)nc3OC)c3ncn(C(C)C)c3c2=O)C1.C=CC(=O)N(C)C1CCC(n2cc(Nc3cn(C)nc3OC)c3ncn(C45CC(C4)C5)c3c2=O)C1.C=CC(=O)N(C)C1CCC(n2cc(Nc3cn(C)nc3OC)c3ncn(C4CC4)c3c2=O)C1.C=CC(=O)N(C)C1CCC(n2cc(Nc3cn(C)nc3OC)c3ncn(C4CCC4)c3c2=O)C1. The Morgan fingerprint density at radius 1 is 0.373 bits per heavy atom. The Kier molecular flexibility index (Phi) is 25.4. The topological polar surface area (TPSA) is 397 Å². The van der Waals surface area contributed by atoms with Crippen molar-refractivity contribution in [2.24, 2.45) is 34.1 Å². The number of pyridine rings is 4. The van der Waals surface area contributed by atoms with E-state index in [2.05, 4.69) is 87.5 Å². The maximum absolute atomic E-state index is 13.9. The van der Waals surface area contributed by atoms with Gasteiger partial charge in [0.05, 0.1) is 101 Å². The van der Waals surface area contributed by atoms with Gasteiger partial charge in [-0.25, -0.2) is 19.9 Å². The molecule has 0 radical (unpaired) electrons. The second-order valence-electron chi connectivity index (χ2n) is 37.1. The molecule has 12 heterocycles. The van der Waals surface area contributed by atoms with Crippen molar-refractivity contribution >= 4 is 113 Å². The van der Waals surface area contributed by atoms with Crippen LogP contribution in [0.25, 0.3) is 44.1 Å². The molecule has 9 aliphatic carbocycles. The summed E-state index contributed by atoms with van der Waals surface area (Å²) >= 11 is 0. The van der Waals surface area contributed by atoms with Crippen molar-refractivity contribution in [1.29, 1.82) is 0 Å². The second kappa shape index (κ2) is 37.1. The van der Waals surface area contributed by atoms with Gasteiger partial charge in [-0.3, -0.25) is 57.1 Å². The first-order chi connectivity index (χ1) is 64.4. The van der Waals surface area contributed by atoms with Crippen molar-refractivity contribution in [1.82, 2.24) is 115 Å². The Labute approximate surface area is 773 Å². The number of carbonyl (C=O) groups is 4. The Morgan fingerprint density at radius 3 is 0.978 bits per heavy atom. The van der Waals surface area contributed by atoms with E-state index >= 15 is 0 Å². The Morgan fingerprint density at radius 2 is 0.664 bits per heavy atom. The molecule has 6 atom stereocenters. The number of rotatable bonds is 28. The number of nitrogens with one attached hydrogen (secondary N) is 4. The lowest BCUT2D eigenvalue weighted by atomic mass is 9.49. The van der Waals surface area contributed by atoms with Crippen LogP contribution in [0, 0.1) is 5.92 Å². The van der Waals surface area contributed by atoms with Gasteiger partial charge in [-0.2, -0.15) is 0 Å². The van der Waals surface area contributed by atoms with Gasteiger partial charge in [-0.1, -0.05) is 26.3 Å². The van der Waals surface area contributed by atoms with Gasteiger partial charge in [0.1, 0.15) is 66.9 Å². The van der Waals surface area contributed by atoms with Gasteiger partial charge in [0.15, 0.2) is 0 Å². The fourth-order valence-electron chi connectivity index (χ4n) is 20.5. The quantitative estimate of drug-likeness (QED) is 0.0331. The van der Waals surface area contributed by atoms with Crippen LogP contribution in [0.4, 0.5) is 45.5 Å². The molecule has 9 fully saturated rings. The zero-order valence-electron chi connectivity index (χ0n) is 78.6. The molecule has 134 heavy (non-hydrogen) atoms. The van der Waals surface area contributed by atoms with Crippen LogP contribution in [-0.2, 0) is 52.9 Å². The molecule has 0 spiro atoms. The standard InChI is InChI=1S/C25H31N7O3.C24H31N7O3.C23H29N7O3.C22H29N7O3/c1-5-20(33)30(3)16-6-7-17(8-16)31-13-18(27-19-12-29(2)28-23(19)35-4)21-22(24(31)34)32(14-26-21)25-9-15(10-25)11-25;1-5-20(32)29(3)16-9-10-17(11-16)30-13-18(26-19-12-28(2)27-23(19)34-4)21-22(24(30)33)31(14-25-21)15-7-6-8-15;1-5-19(31)28(3)15-8-9-16(10-15)29-12-17(25-18-11-27(2)26-22(18)33-4)20-21(23(29)32)30(13-24-20)14-6-7-14;1-7-18(30)27(5)14-8-15(9-14)28-11-16(24-17-10-26(4)25-21(17)32-6)19-20(22(28)31)29(12-23-19)13(2)3/h5,12-17,27H,1,6-11H2,2-4H3;5,12-17,26H,1,6-11H2,2-4H3;5,11-16,25H,1,6-10H2,2-4H3;7,10-15,24H,1,8-9H2,2-6H3. The highest BCUT2D eigenvalue weighted by molar-refractivity contribution is 5.94. The molecule has 2 bridgehead atoms. The molecule has 6 unspecified atom stereocenters. The molecular formula is C94H120N28O12. The van der Waals surface area contributed by atoms with E-state index in [1.54, 1.807) is 111 Å². The number of imidazole rings is 4. The summed E-state index contributed by atoms with van der Waals surface area (Å²) in [5.74, 6) is 2.25. The number of hydrogen-bond acceptors (Lipinski definition) is 24. The number of ether oxygens (including phenoxy) is 4. The van der Waals surface area contributed by atoms with Crippen LogP contribution in [0.5, 0.6) is 23.5 Å². The van der Waals surface area contributed by atoms with E-state index in [-0.39, 0.29) is 106 Å². The van der Waals surface area contributed by atoms with E-state index in [1.165, 1.54) is 24.3 Å². The number of anilines is 8. The molecule has 0 saturated heterocycles. The fourth-order valence-corrected chi connectivity index (χ4v) is 20.5. The van der Waals surface area contributed by atoms with Gasteiger partial charge in [0, 0.05) is 153 Å². The Bertz CT molecular complexity index is 6800. The molecule has 40 nitrogen and oxygen atoms in total. The summed E-state index contributed by atoms with van der Waals surface area (Å²) in [6.07, 6.45) is 44.4. The number of nitrogens with zero attached hydrogens (tertiary/aromatic N) is 24. The van der Waals surface area contributed by atoms with E-state index in [4.69, 9.17) is 23.9 Å². The lowest BCUT2D eigenvalue weighted by Crippen LogP contribution is -2.59. The number of fused-ring (bicyclic) bond motifs is 4. The maximum Gasteiger partial charge on any atom is 0.277 e. The number of amides is 4. The van der Waals surface area contributed by atoms with Crippen LogP contribution in [0.2, 0.25) is 0 Å². The van der Waals surface area contributed by atoms with Gasteiger partial charge in [-0.05, 0) is 166 Å². The molecule has 40 heteroatoms.